The summed E-state index contributed by atoms with van der Waals surface area (Å²) in [6.07, 6.45) is 0. The van der Waals surface area contributed by atoms with E-state index >= 15 is 0 Å². The minimum absolute atomic E-state index is 0.0101. The topological polar surface area (TPSA) is 101 Å². The predicted molar refractivity (Wildman–Crippen MR) is 78.5 cm³/mol. The van der Waals surface area contributed by atoms with Crippen LogP contribution in [0.2, 0.25) is 0 Å². The Morgan fingerprint density at radius 3 is 2.70 bits per heavy atom. The molecule has 0 heterocycles. The number of amides is 1. The molecule has 20 heavy (non-hydrogen) atoms. The fraction of sp³-hybridized carbons (Fsp3) is 0.417. The number of carbonyl (C=O) groups is 1. The lowest BCUT2D eigenvalue weighted by atomic mass is 10.1. The fourth-order valence-electron chi connectivity index (χ4n) is 1.55. The monoisotopic (exact) mass is 299 g/mol. The summed E-state index contributed by atoms with van der Waals surface area (Å²) >= 11 is 0. The Kier molecular flexibility index (Phi) is 6.10. The van der Waals surface area contributed by atoms with Crippen LogP contribution < -0.4 is 10.6 Å². The largest absolute Gasteiger partial charge is 0.388 e. The zero-order valence-electron chi connectivity index (χ0n) is 11.3. The van der Waals surface area contributed by atoms with Gasteiger partial charge in [-0.1, -0.05) is 6.92 Å². The van der Waals surface area contributed by atoms with Crippen LogP contribution in [0.1, 0.15) is 17.3 Å². The number of nitrogens with one attached hydrogen (secondary N) is 2. The molecule has 0 fully saturated rings. The van der Waals surface area contributed by atoms with Gasteiger partial charge in [0.1, 0.15) is 5.56 Å². The van der Waals surface area contributed by atoms with Crippen LogP contribution in [0.5, 0.6) is 0 Å². The Hall–Kier alpha value is -1.96. The molecule has 0 aliphatic carbocycles. The highest BCUT2D eigenvalue weighted by Gasteiger charge is 2.20. The molecule has 0 aromatic heterocycles. The molecule has 0 aliphatic heterocycles. The van der Waals surface area contributed by atoms with Gasteiger partial charge in [0.2, 0.25) is 0 Å². The van der Waals surface area contributed by atoms with Crippen molar-refractivity contribution >= 4 is 28.1 Å². The van der Waals surface area contributed by atoms with E-state index in [-0.39, 0.29) is 17.8 Å². The van der Waals surface area contributed by atoms with E-state index < -0.39 is 21.6 Å². The predicted octanol–water partition coefficient (Wildman–Crippen LogP) is 1.13. The molecule has 1 aromatic rings. The molecule has 0 spiro atoms. The van der Waals surface area contributed by atoms with E-state index in [0.29, 0.717) is 17.2 Å². The lowest BCUT2D eigenvalue weighted by Gasteiger charge is -2.07. The molecule has 1 unspecified atom stereocenters. The maximum Gasteiger partial charge on any atom is 0.282 e. The van der Waals surface area contributed by atoms with Crippen LogP contribution in [0.4, 0.5) is 11.4 Å². The molecule has 0 saturated heterocycles. The second-order valence-corrected chi connectivity index (χ2v) is 5.79. The van der Waals surface area contributed by atoms with Gasteiger partial charge in [0.05, 0.1) is 4.92 Å². The van der Waals surface area contributed by atoms with E-state index in [9.17, 15) is 19.1 Å². The third-order valence-electron chi connectivity index (χ3n) is 2.66. The first-order valence-corrected chi connectivity index (χ1v) is 7.57. The zero-order valence-corrected chi connectivity index (χ0v) is 12.2. The second kappa shape index (κ2) is 7.59. The zero-order chi connectivity index (χ0) is 15.1. The van der Waals surface area contributed by atoms with Gasteiger partial charge in [-0.15, -0.1) is 0 Å². The lowest BCUT2D eigenvalue weighted by Crippen LogP contribution is -2.28. The number of anilines is 1. The molecular weight excluding hydrogens is 282 g/mol. The summed E-state index contributed by atoms with van der Waals surface area (Å²) < 4.78 is 11.2. The Balaban J connectivity index is 2.84. The van der Waals surface area contributed by atoms with Gasteiger partial charge in [0, 0.05) is 47.7 Å². The minimum atomic E-state index is -0.981. The summed E-state index contributed by atoms with van der Waals surface area (Å²) in [7, 11) is 0.679. The fourth-order valence-corrected chi connectivity index (χ4v) is 2.17. The molecule has 7 nitrogen and oxygen atoms in total. The van der Waals surface area contributed by atoms with Crippen molar-refractivity contribution in [1.82, 2.24) is 5.32 Å². The second-order valence-electron chi connectivity index (χ2n) is 3.93. The van der Waals surface area contributed by atoms with Gasteiger partial charge < -0.3 is 10.6 Å². The maximum absolute atomic E-state index is 12.0. The lowest BCUT2D eigenvalue weighted by molar-refractivity contribution is -0.385. The summed E-state index contributed by atoms with van der Waals surface area (Å²) in [6, 6.07) is 4.23. The average molecular weight is 299 g/mol. The highest BCUT2D eigenvalue weighted by Crippen LogP contribution is 2.22. The van der Waals surface area contributed by atoms with Crippen LogP contribution in [0, 0.1) is 10.1 Å². The first kappa shape index (κ1) is 16.1. The number of rotatable bonds is 7. The number of hydrogen-bond acceptors (Lipinski definition) is 5. The van der Waals surface area contributed by atoms with E-state index in [0.717, 1.165) is 0 Å². The Labute approximate surface area is 119 Å². The number of benzene rings is 1. The summed E-state index contributed by atoms with van der Waals surface area (Å²) in [6.45, 7) is 2.01. The first-order valence-electron chi connectivity index (χ1n) is 6.09. The molecule has 0 aliphatic rings. The van der Waals surface area contributed by atoms with Gasteiger partial charge in [-0.3, -0.25) is 19.1 Å². The van der Waals surface area contributed by atoms with Crippen LogP contribution in [0.15, 0.2) is 18.2 Å². The van der Waals surface area contributed by atoms with E-state index in [2.05, 4.69) is 10.6 Å². The van der Waals surface area contributed by atoms with E-state index in [4.69, 9.17) is 0 Å². The van der Waals surface area contributed by atoms with Crippen LogP contribution in [0.25, 0.3) is 0 Å². The van der Waals surface area contributed by atoms with Gasteiger partial charge in [-0.25, -0.2) is 0 Å². The van der Waals surface area contributed by atoms with Crippen molar-refractivity contribution in [3.05, 3.63) is 33.9 Å². The number of hydrogen-bond donors (Lipinski definition) is 2. The molecule has 1 atom stereocenters. The Morgan fingerprint density at radius 1 is 1.45 bits per heavy atom. The van der Waals surface area contributed by atoms with Crippen molar-refractivity contribution in [3.63, 3.8) is 0 Å². The average Bonchev–Trinajstić information content (AvgIpc) is 2.45. The summed E-state index contributed by atoms with van der Waals surface area (Å²) in [4.78, 5) is 22.3. The Morgan fingerprint density at radius 2 is 2.15 bits per heavy atom. The van der Waals surface area contributed by atoms with Gasteiger partial charge in [-0.2, -0.15) is 0 Å². The van der Waals surface area contributed by atoms with E-state index in [1.807, 2.05) is 0 Å². The number of nitro benzene ring substituents is 1. The third kappa shape index (κ3) is 4.30. The molecule has 0 bridgehead atoms. The normalized spacial score (nSPS) is 11.7. The van der Waals surface area contributed by atoms with Crippen molar-refractivity contribution in [2.45, 2.75) is 6.92 Å². The molecule has 8 heteroatoms. The minimum Gasteiger partial charge on any atom is -0.388 e. The van der Waals surface area contributed by atoms with Crippen LogP contribution in [0.3, 0.4) is 0 Å². The Bertz CT molecular complexity index is 533. The van der Waals surface area contributed by atoms with Crippen LogP contribution in [-0.4, -0.2) is 40.1 Å². The maximum atomic E-state index is 12.0. The van der Waals surface area contributed by atoms with Gasteiger partial charge >= 0.3 is 0 Å². The number of nitro groups is 1. The van der Waals surface area contributed by atoms with Gasteiger partial charge in [0.15, 0.2) is 0 Å². The molecule has 1 amide bonds. The van der Waals surface area contributed by atoms with E-state index in [1.54, 1.807) is 14.0 Å². The van der Waals surface area contributed by atoms with Crippen molar-refractivity contribution < 1.29 is 13.9 Å². The van der Waals surface area contributed by atoms with Crippen molar-refractivity contribution in [2.75, 3.05) is 30.4 Å². The summed E-state index contributed by atoms with van der Waals surface area (Å²) in [5.74, 6) is 0.314. The molecule has 1 aromatic carbocycles. The highest BCUT2D eigenvalue weighted by atomic mass is 32.2. The molecule has 110 valence electrons. The quantitative estimate of drug-likeness (QED) is 0.580. The van der Waals surface area contributed by atoms with Crippen LogP contribution >= 0.6 is 0 Å². The molecular formula is C12H17N3O4S. The highest BCUT2D eigenvalue weighted by molar-refractivity contribution is 7.84. The summed E-state index contributed by atoms with van der Waals surface area (Å²) in [5, 5.41) is 16.3. The molecule has 2 N–H and O–H groups in total. The number of carbonyl (C=O) groups excluding carboxylic acids is 1. The van der Waals surface area contributed by atoms with Crippen molar-refractivity contribution in [1.29, 1.82) is 0 Å². The smallest absolute Gasteiger partial charge is 0.282 e. The van der Waals surface area contributed by atoms with Gasteiger partial charge in [0.25, 0.3) is 11.6 Å². The van der Waals surface area contributed by atoms with Crippen molar-refractivity contribution in [3.8, 4) is 0 Å². The standard InChI is InChI=1S/C12H17N3O4S/c1-3-20(19)7-6-14-12(16)10-8-9(13-2)4-5-11(10)15(17)18/h4-5,8,13H,3,6-7H2,1-2H3,(H,14,16). The van der Waals surface area contributed by atoms with Crippen LogP contribution in [-0.2, 0) is 10.8 Å². The van der Waals surface area contributed by atoms with Crippen molar-refractivity contribution in [2.24, 2.45) is 0 Å². The number of nitrogens with zero attached hydrogens (tertiary/aromatic N) is 1. The SMILES string of the molecule is CCS(=O)CCNC(=O)c1cc(NC)ccc1[N+](=O)[O-]. The van der Waals surface area contributed by atoms with E-state index in [1.165, 1.54) is 18.2 Å². The first-order chi connectivity index (χ1) is 9.49. The molecule has 1 rings (SSSR count). The van der Waals surface area contributed by atoms with Gasteiger partial charge in [-0.05, 0) is 12.1 Å². The summed E-state index contributed by atoms with van der Waals surface area (Å²) in [5.41, 5.74) is 0.347. The molecule has 0 saturated carbocycles. The molecule has 0 radical (unpaired) electrons. The third-order valence-corrected chi connectivity index (χ3v) is 3.97.